The molecular weight excluding hydrogens is 444 g/mol. The lowest BCUT2D eigenvalue weighted by molar-refractivity contribution is -0.152. The Kier molecular flexibility index (Phi) is 7.29. The zero-order valence-electron chi connectivity index (χ0n) is 21.4. The molecule has 35 heavy (non-hydrogen) atoms. The van der Waals surface area contributed by atoms with Gasteiger partial charge in [-0.3, -0.25) is 9.59 Å². The Labute approximate surface area is 207 Å². The van der Waals surface area contributed by atoms with E-state index >= 15 is 0 Å². The first-order valence-corrected chi connectivity index (χ1v) is 12.0. The molecule has 1 unspecified atom stereocenters. The van der Waals surface area contributed by atoms with Gasteiger partial charge in [-0.05, 0) is 63.3 Å². The number of carbonyl (C=O) groups excluding carboxylic acids is 2. The van der Waals surface area contributed by atoms with E-state index in [1.807, 2.05) is 31.2 Å². The lowest BCUT2D eigenvalue weighted by atomic mass is 9.73. The van der Waals surface area contributed by atoms with Crippen molar-refractivity contribution in [1.29, 1.82) is 0 Å². The van der Waals surface area contributed by atoms with Crippen LogP contribution in [-0.4, -0.2) is 41.8 Å². The summed E-state index contributed by atoms with van der Waals surface area (Å²) in [5.41, 5.74) is 1.44. The summed E-state index contributed by atoms with van der Waals surface area (Å²) >= 11 is 0. The average molecular weight is 481 g/mol. The fourth-order valence-corrected chi connectivity index (χ4v) is 4.14. The van der Waals surface area contributed by atoms with Crippen molar-refractivity contribution in [2.45, 2.75) is 59.4 Å². The van der Waals surface area contributed by atoms with Crippen LogP contribution in [0.25, 0.3) is 11.1 Å². The van der Waals surface area contributed by atoms with Crippen molar-refractivity contribution >= 4 is 18.0 Å². The summed E-state index contributed by atoms with van der Waals surface area (Å²) in [7, 11) is 0. The number of rotatable bonds is 9. The Hall–Kier alpha value is -3.35. The minimum atomic E-state index is -1.18. The van der Waals surface area contributed by atoms with E-state index in [1.165, 1.54) is 0 Å². The average Bonchev–Trinajstić information content (AvgIpc) is 3.14. The molecule has 0 aromatic heterocycles. The predicted molar refractivity (Wildman–Crippen MR) is 135 cm³/mol. The first-order valence-electron chi connectivity index (χ1n) is 12.0. The first-order chi connectivity index (χ1) is 16.3. The Morgan fingerprint density at radius 2 is 1.43 bits per heavy atom. The molecule has 1 aliphatic carbocycles. The molecule has 2 aromatic carbocycles. The van der Waals surface area contributed by atoms with Gasteiger partial charge in [0, 0.05) is 18.0 Å². The molecule has 2 amide bonds. The fourth-order valence-electron chi connectivity index (χ4n) is 4.14. The van der Waals surface area contributed by atoms with Crippen LogP contribution in [0.4, 0.5) is 4.79 Å². The lowest BCUT2D eigenvalue weighted by Gasteiger charge is -2.41. The SMILES string of the molecule is CCC(C)(CNC(=O)OCC1c2ccccc2-c2ccccc21)C(=O)NC(C)(C)C(C)(C)C(=O)O. The number of carbonyl (C=O) groups is 3. The molecule has 7 heteroatoms. The maximum atomic E-state index is 13.1. The highest BCUT2D eigenvalue weighted by Gasteiger charge is 2.46. The highest BCUT2D eigenvalue weighted by molar-refractivity contribution is 5.85. The van der Waals surface area contributed by atoms with Gasteiger partial charge in [-0.1, -0.05) is 55.5 Å². The van der Waals surface area contributed by atoms with Gasteiger partial charge in [-0.2, -0.15) is 0 Å². The quantitative estimate of drug-likeness (QED) is 0.471. The summed E-state index contributed by atoms with van der Waals surface area (Å²) < 4.78 is 5.59. The molecule has 3 rings (SSSR count). The Balaban J connectivity index is 1.62. The summed E-state index contributed by atoms with van der Waals surface area (Å²) in [6.07, 6.45) is -0.143. The summed E-state index contributed by atoms with van der Waals surface area (Å²) in [5, 5.41) is 15.2. The van der Waals surface area contributed by atoms with E-state index in [0.29, 0.717) is 6.42 Å². The van der Waals surface area contributed by atoms with Gasteiger partial charge in [0.2, 0.25) is 5.91 Å². The number of carboxylic acids is 1. The van der Waals surface area contributed by atoms with Crippen LogP contribution in [0, 0.1) is 10.8 Å². The number of fused-ring (bicyclic) bond motifs is 3. The van der Waals surface area contributed by atoms with Gasteiger partial charge >= 0.3 is 12.1 Å². The topological polar surface area (TPSA) is 105 Å². The van der Waals surface area contributed by atoms with Crippen LogP contribution in [0.3, 0.4) is 0 Å². The number of aliphatic carboxylic acids is 1. The Morgan fingerprint density at radius 1 is 0.914 bits per heavy atom. The molecule has 7 nitrogen and oxygen atoms in total. The molecule has 188 valence electrons. The molecule has 0 heterocycles. The van der Waals surface area contributed by atoms with E-state index in [2.05, 4.69) is 34.9 Å². The predicted octanol–water partition coefficient (Wildman–Crippen LogP) is 4.95. The van der Waals surface area contributed by atoms with Crippen molar-refractivity contribution in [1.82, 2.24) is 10.6 Å². The van der Waals surface area contributed by atoms with Gasteiger partial charge in [0.25, 0.3) is 0 Å². The number of ether oxygens (including phenoxy) is 1. The Morgan fingerprint density at radius 3 is 1.91 bits per heavy atom. The minimum Gasteiger partial charge on any atom is -0.481 e. The number of hydrogen-bond acceptors (Lipinski definition) is 4. The normalized spacial score (nSPS) is 14.9. The molecule has 0 fully saturated rings. The highest BCUT2D eigenvalue weighted by Crippen LogP contribution is 2.44. The van der Waals surface area contributed by atoms with Crippen LogP contribution >= 0.6 is 0 Å². The van der Waals surface area contributed by atoms with Crippen molar-refractivity contribution < 1.29 is 24.2 Å². The molecule has 0 radical (unpaired) electrons. The second-order valence-corrected chi connectivity index (χ2v) is 10.6. The van der Waals surface area contributed by atoms with E-state index in [4.69, 9.17) is 4.74 Å². The largest absolute Gasteiger partial charge is 0.481 e. The van der Waals surface area contributed by atoms with Crippen molar-refractivity contribution in [2.24, 2.45) is 10.8 Å². The number of hydrogen-bond donors (Lipinski definition) is 3. The van der Waals surface area contributed by atoms with E-state index in [-0.39, 0.29) is 25.0 Å². The fraction of sp³-hybridized carbons (Fsp3) is 0.464. The van der Waals surface area contributed by atoms with Crippen molar-refractivity contribution in [3.8, 4) is 11.1 Å². The second kappa shape index (κ2) is 9.72. The molecule has 3 N–H and O–H groups in total. The lowest BCUT2D eigenvalue weighted by Crippen LogP contribution is -2.60. The second-order valence-electron chi connectivity index (χ2n) is 10.6. The molecule has 0 spiro atoms. The maximum Gasteiger partial charge on any atom is 0.407 e. The number of carboxylic acid groups (broad SMARTS) is 1. The molecule has 1 atom stereocenters. The van der Waals surface area contributed by atoms with Crippen molar-refractivity contribution in [2.75, 3.05) is 13.2 Å². The summed E-state index contributed by atoms with van der Waals surface area (Å²) in [4.78, 5) is 37.4. The molecule has 1 aliphatic rings. The number of alkyl carbamates (subject to hydrolysis) is 1. The smallest absolute Gasteiger partial charge is 0.407 e. The zero-order chi connectivity index (χ0) is 26.0. The van der Waals surface area contributed by atoms with Gasteiger partial charge in [-0.25, -0.2) is 4.79 Å². The van der Waals surface area contributed by atoms with Crippen LogP contribution in [0.1, 0.15) is 65.0 Å². The van der Waals surface area contributed by atoms with Crippen LogP contribution in [0.5, 0.6) is 0 Å². The summed E-state index contributed by atoms with van der Waals surface area (Å²) in [5.74, 6) is -1.37. The van der Waals surface area contributed by atoms with E-state index in [1.54, 1.807) is 34.6 Å². The number of amides is 2. The minimum absolute atomic E-state index is 0.0481. The monoisotopic (exact) mass is 480 g/mol. The van der Waals surface area contributed by atoms with Crippen LogP contribution in [-0.2, 0) is 14.3 Å². The standard InChI is InChI=1S/C28H36N2O5/c1-7-28(6,23(31)30-27(4,5)26(2,3)24(32)33)17-29-25(34)35-16-22-20-14-10-8-12-18(20)19-13-9-11-15-21(19)22/h8-15,22H,7,16-17H2,1-6H3,(H,29,34)(H,30,31)(H,32,33). The van der Waals surface area contributed by atoms with Gasteiger partial charge in [0.05, 0.1) is 10.8 Å². The Bertz CT molecular complexity index is 1080. The van der Waals surface area contributed by atoms with E-state index in [0.717, 1.165) is 22.3 Å². The number of nitrogens with one attached hydrogen (secondary N) is 2. The molecule has 0 saturated heterocycles. The maximum absolute atomic E-state index is 13.1. The molecular formula is C28H36N2O5. The molecule has 0 saturated carbocycles. The highest BCUT2D eigenvalue weighted by atomic mass is 16.5. The van der Waals surface area contributed by atoms with E-state index < -0.39 is 28.4 Å². The molecule has 0 aliphatic heterocycles. The van der Waals surface area contributed by atoms with Gasteiger partial charge in [0.15, 0.2) is 0 Å². The van der Waals surface area contributed by atoms with Crippen LogP contribution in [0.2, 0.25) is 0 Å². The summed E-state index contributed by atoms with van der Waals surface area (Å²) in [6, 6.07) is 16.2. The third-order valence-corrected chi connectivity index (χ3v) is 7.82. The van der Waals surface area contributed by atoms with Crippen molar-refractivity contribution in [3.05, 3.63) is 59.7 Å². The van der Waals surface area contributed by atoms with Gasteiger partial charge in [-0.15, -0.1) is 0 Å². The van der Waals surface area contributed by atoms with Crippen LogP contribution < -0.4 is 10.6 Å². The van der Waals surface area contributed by atoms with Gasteiger partial charge < -0.3 is 20.5 Å². The first kappa shape index (κ1) is 26.3. The summed E-state index contributed by atoms with van der Waals surface area (Å²) in [6.45, 7) is 10.4. The van der Waals surface area contributed by atoms with E-state index in [9.17, 15) is 19.5 Å². The zero-order valence-corrected chi connectivity index (χ0v) is 21.4. The third-order valence-electron chi connectivity index (χ3n) is 7.82. The third kappa shape index (κ3) is 5.04. The molecule has 0 bridgehead atoms. The van der Waals surface area contributed by atoms with Crippen LogP contribution in [0.15, 0.2) is 48.5 Å². The number of benzene rings is 2. The molecule has 2 aromatic rings. The van der Waals surface area contributed by atoms with Gasteiger partial charge in [0.1, 0.15) is 6.61 Å². The van der Waals surface area contributed by atoms with Crippen molar-refractivity contribution in [3.63, 3.8) is 0 Å².